The monoisotopic (exact) mass is 553 g/mol. The standard InChI is InChI=1S/C32H27NO6S/c1-37-19-14-15-25-29(16-19)39-28-13-7-6-12-24(28)30(25)40-18-27(31(34)35)33-32(36)38-17-26-22-10-4-2-8-20(22)21-9-3-5-11-23(21)26/h2-16,26-27,30H,17-18H2,1H3,(H,33,36)(H,34,35)/t27-,30?/m0/s1. The number of amides is 1. The third kappa shape index (κ3) is 4.86. The number of benzene rings is 4. The van der Waals surface area contributed by atoms with E-state index in [1.165, 1.54) is 11.8 Å². The average molecular weight is 554 g/mol. The molecule has 40 heavy (non-hydrogen) atoms. The van der Waals surface area contributed by atoms with Crippen LogP contribution >= 0.6 is 11.8 Å². The summed E-state index contributed by atoms with van der Waals surface area (Å²) in [5, 5.41) is 12.3. The first-order chi connectivity index (χ1) is 19.5. The molecule has 2 aliphatic rings. The number of fused-ring (bicyclic) bond motifs is 5. The first kappa shape index (κ1) is 25.8. The topological polar surface area (TPSA) is 94.1 Å². The molecule has 202 valence electrons. The molecule has 0 fully saturated rings. The lowest BCUT2D eigenvalue weighted by molar-refractivity contribution is -0.138. The summed E-state index contributed by atoms with van der Waals surface area (Å²) in [6.07, 6.45) is -0.757. The molecule has 1 aliphatic carbocycles. The van der Waals surface area contributed by atoms with Crippen LogP contribution in [0, 0.1) is 0 Å². The van der Waals surface area contributed by atoms with E-state index in [-0.39, 0.29) is 23.5 Å². The van der Waals surface area contributed by atoms with Gasteiger partial charge in [-0.2, -0.15) is 0 Å². The Morgan fingerprint density at radius 2 is 1.50 bits per heavy atom. The SMILES string of the molecule is COc1ccc2c(c1)Oc1ccccc1C2SC[C@H](NC(=O)OCC1c2ccccc2-c2ccccc21)C(=O)O. The van der Waals surface area contributed by atoms with Gasteiger partial charge in [0.05, 0.1) is 12.4 Å². The molecule has 4 aromatic carbocycles. The molecule has 0 aromatic heterocycles. The maximum Gasteiger partial charge on any atom is 0.407 e. The number of nitrogens with one attached hydrogen (secondary N) is 1. The van der Waals surface area contributed by atoms with E-state index in [4.69, 9.17) is 14.2 Å². The number of carboxylic acid groups (broad SMARTS) is 1. The van der Waals surface area contributed by atoms with Gasteiger partial charge in [0.15, 0.2) is 0 Å². The van der Waals surface area contributed by atoms with E-state index in [1.807, 2.05) is 78.9 Å². The Kier molecular flexibility index (Phi) is 7.09. The summed E-state index contributed by atoms with van der Waals surface area (Å²) in [6, 6.07) is 28.3. The number of carboxylic acids is 1. The number of carbonyl (C=O) groups excluding carboxylic acids is 1. The van der Waals surface area contributed by atoms with Gasteiger partial charge in [0, 0.05) is 28.9 Å². The fraction of sp³-hybridized carbons (Fsp3) is 0.188. The maximum absolute atomic E-state index is 12.8. The van der Waals surface area contributed by atoms with Crippen molar-refractivity contribution < 1.29 is 28.9 Å². The molecule has 0 radical (unpaired) electrons. The second-order valence-electron chi connectivity index (χ2n) is 9.62. The molecule has 1 amide bonds. The number of aliphatic carboxylic acids is 1. The smallest absolute Gasteiger partial charge is 0.407 e. The van der Waals surface area contributed by atoms with Crippen LogP contribution in [0.5, 0.6) is 17.2 Å². The second kappa shape index (κ2) is 11.0. The summed E-state index contributed by atoms with van der Waals surface area (Å²) < 4.78 is 17.0. The van der Waals surface area contributed by atoms with Crippen molar-refractivity contribution in [3.63, 3.8) is 0 Å². The molecule has 0 bridgehead atoms. The highest BCUT2D eigenvalue weighted by Gasteiger charge is 2.32. The van der Waals surface area contributed by atoms with E-state index in [0.717, 1.165) is 33.4 Å². The number of rotatable bonds is 8. The molecule has 6 rings (SSSR count). The summed E-state index contributed by atoms with van der Waals surface area (Å²) >= 11 is 1.43. The van der Waals surface area contributed by atoms with Crippen LogP contribution in [0.4, 0.5) is 4.79 Å². The number of methoxy groups -OCH3 is 1. The largest absolute Gasteiger partial charge is 0.497 e. The minimum atomic E-state index is -1.14. The third-order valence-electron chi connectivity index (χ3n) is 7.29. The molecule has 2 N–H and O–H groups in total. The highest BCUT2D eigenvalue weighted by Crippen LogP contribution is 2.50. The molecule has 0 saturated heterocycles. The van der Waals surface area contributed by atoms with Crippen LogP contribution in [0.2, 0.25) is 0 Å². The number of hydrogen-bond donors (Lipinski definition) is 2. The van der Waals surface area contributed by atoms with Crippen molar-refractivity contribution in [2.24, 2.45) is 0 Å². The minimum absolute atomic E-state index is 0.108. The molecule has 4 aromatic rings. The number of hydrogen-bond acceptors (Lipinski definition) is 6. The van der Waals surface area contributed by atoms with E-state index in [2.05, 4.69) is 17.4 Å². The maximum atomic E-state index is 12.8. The minimum Gasteiger partial charge on any atom is -0.497 e. The Morgan fingerprint density at radius 1 is 0.875 bits per heavy atom. The van der Waals surface area contributed by atoms with Crippen LogP contribution in [-0.4, -0.2) is 42.7 Å². The highest BCUT2D eigenvalue weighted by atomic mass is 32.2. The lowest BCUT2D eigenvalue weighted by Crippen LogP contribution is -2.43. The van der Waals surface area contributed by atoms with Crippen molar-refractivity contribution in [2.45, 2.75) is 17.2 Å². The normalized spacial score (nSPS) is 15.5. The van der Waals surface area contributed by atoms with Gasteiger partial charge in [-0.3, -0.25) is 0 Å². The van der Waals surface area contributed by atoms with Gasteiger partial charge in [0.1, 0.15) is 29.9 Å². The predicted octanol–water partition coefficient (Wildman–Crippen LogP) is 6.62. The zero-order valence-electron chi connectivity index (χ0n) is 21.7. The molecular weight excluding hydrogens is 526 g/mol. The Balaban J connectivity index is 1.14. The highest BCUT2D eigenvalue weighted by molar-refractivity contribution is 7.99. The first-order valence-corrected chi connectivity index (χ1v) is 14.0. The number of alkyl carbamates (subject to hydrolysis) is 1. The molecule has 1 unspecified atom stereocenters. The zero-order chi connectivity index (χ0) is 27.6. The molecule has 1 aliphatic heterocycles. The van der Waals surface area contributed by atoms with Gasteiger partial charge in [0.2, 0.25) is 0 Å². The lowest BCUT2D eigenvalue weighted by atomic mass is 9.98. The Morgan fingerprint density at radius 3 is 2.17 bits per heavy atom. The summed E-state index contributed by atoms with van der Waals surface area (Å²) in [5.74, 6) is 0.926. The van der Waals surface area contributed by atoms with Crippen molar-refractivity contribution in [2.75, 3.05) is 19.5 Å². The van der Waals surface area contributed by atoms with Gasteiger partial charge in [-0.25, -0.2) is 9.59 Å². The van der Waals surface area contributed by atoms with Crippen molar-refractivity contribution >= 4 is 23.8 Å². The fourth-order valence-electron chi connectivity index (χ4n) is 5.35. The molecule has 0 spiro atoms. The second-order valence-corrected chi connectivity index (χ2v) is 10.8. The summed E-state index contributed by atoms with van der Waals surface area (Å²) in [7, 11) is 1.59. The van der Waals surface area contributed by atoms with Crippen LogP contribution in [0.1, 0.15) is 33.4 Å². The molecule has 1 heterocycles. The third-order valence-corrected chi connectivity index (χ3v) is 8.65. The van der Waals surface area contributed by atoms with Crippen LogP contribution in [-0.2, 0) is 9.53 Å². The number of thioether (sulfide) groups is 1. The summed E-state index contributed by atoms with van der Waals surface area (Å²) in [4.78, 5) is 25.0. The Labute approximate surface area is 236 Å². The van der Waals surface area contributed by atoms with Crippen LogP contribution in [0.25, 0.3) is 11.1 Å². The van der Waals surface area contributed by atoms with Crippen LogP contribution in [0.3, 0.4) is 0 Å². The summed E-state index contributed by atoms with van der Waals surface area (Å²) in [6.45, 7) is 0.113. The van der Waals surface area contributed by atoms with Gasteiger partial charge in [-0.05, 0) is 34.4 Å². The first-order valence-electron chi connectivity index (χ1n) is 12.9. The number of carbonyl (C=O) groups is 2. The predicted molar refractivity (Wildman–Crippen MR) is 153 cm³/mol. The quantitative estimate of drug-likeness (QED) is 0.253. The van der Waals surface area contributed by atoms with Gasteiger partial charge in [0.25, 0.3) is 0 Å². The molecule has 7 nitrogen and oxygen atoms in total. The lowest BCUT2D eigenvalue weighted by Gasteiger charge is -2.29. The Bertz CT molecular complexity index is 1540. The van der Waals surface area contributed by atoms with E-state index < -0.39 is 18.1 Å². The van der Waals surface area contributed by atoms with Gasteiger partial charge in [-0.1, -0.05) is 72.8 Å². The van der Waals surface area contributed by atoms with E-state index in [0.29, 0.717) is 17.2 Å². The van der Waals surface area contributed by atoms with Crippen LogP contribution in [0.15, 0.2) is 91.0 Å². The van der Waals surface area contributed by atoms with E-state index >= 15 is 0 Å². The van der Waals surface area contributed by atoms with Crippen molar-refractivity contribution in [3.05, 3.63) is 113 Å². The number of ether oxygens (including phenoxy) is 3. The molecule has 2 atom stereocenters. The number of para-hydroxylation sites is 1. The zero-order valence-corrected chi connectivity index (χ0v) is 22.5. The van der Waals surface area contributed by atoms with Crippen LogP contribution < -0.4 is 14.8 Å². The van der Waals surface area contributed by atoms with Gasteiger partial charge in [-0.15, -0.1) is 11.8 Å². The molecular formula is C32H27NO6S. The van der Waals surface area contributed by atoms with E-state index in [9.17, 15) is 14.7 Å². The van der Waals surface area contributed by atoms with Crippen molar-refractivity contribution in [3.8, 4) is 28.4 Å². The van der Waals surface area contributed by atoms with Gasteiger partial charge >= 0.3 is 12.1 Å². The molecule has 8 heteroatoms. The average Bonchev–Trinajstić information content (AvgIpc) is 3.30. The Hall–Kier alpha value is -4.43. The van der Waals surface area contributed by atoms with E-state index in [1.54, 1.807) is 7.11 Å². The fourth-order valence-corrected chi connectivity index (χ4v) is 6.71. The van der Waals surface area contributed by atoms with Crippen molar-refractivity contribution in [1.82, 2.24) is 5.32 Å². The van der Waals surface area contributed by atoms with Gasteiger partial charge < -0.3 is 24.6 Å². The molecule has 0 saturated carbocycles. The van der Waals surface area contributed by atoms with Crippen molar-refractivity contribution in [1.29, 1.82) is 0 Å². The summed E-state index contributed by atoms with van der Waals surface area (Å²) in [5.41, 5.74) is 6.29.